The molecule has 2 fully saturated rings. The van der Waals surface area contributed by atoms with Crippen molar-refractivity contribution in [1.29, 1.82) is 0 Å². The number of urea groups is 1. The number of rotatable bonds is 4. The molecule has 1 unspecified atom stereocenters. The topological polar surface area (TPSA) is 73.0 Å². The number of imide groups is 1. The molecule has 1 spiro atoms. The number of carbonyl (C=O) groups excluding carboxylic acids is 3. The molecule has 2 aliphatic heterocycles. The minimum absolute atomic E-state index is 0.168. The molecule has 0 saturated carbocycles. The third kappa shape index (κ3) is 3.66. The number of hydrogen-bond acceptors (Lipinski definition) is 4. The van der Waals surface area contributed by atoms with Crippen molar-refractivity contribution >= 4 is 17.8 Å². The van der Waals surface area contributed by atoms with Gasteiger partial charge in [0.1, 0.15) is 12.1 Å². The molecule has 1 atom stereocenters. The van der Waals surface area contributed by atoms with E-state index in [1.54, 1.807) is 4.90 Å². The van der Waals surface area contributed by atoms with Crippen molar-refractivity contribution in [1.82, 2.24) is 20.0 Å². The third-order valence-corrected chi connectivity index (χ3v) is 6.91. The van der Waals surface area contributed by atoms with E-state index in [4.69, 9.17) is 0 Å². The van der Waals surface area contributed by atoms with E-state index >= 15 is 0 Å². The van der Waals surface area contributed by atoms with E-state index < -0.39 is 11.6 Å². The first-order valence-electron chi connectivity index (χ1n) is 11.3. The average Bonchev–Trinajstić information content (AvgIpc) is 3.16. The van der Waals surface area contributed by atoms with Crippen LogP contribution in [0.5, 0.6) is 0 Å². The molecule has 0 bridgehead atoms. The van der Waals surface area contributed by atoms with Gasteiger partial charge in [-0.15, -0.1) is 0 Å². The van der Waals surface area contributed by atoms with Crippen LogP contribution in [0.15, 0.2) is 54.6 Å². The van der Waals surface area contributed by atoms with Gasteiger partial charge in [-0.2, -0.15) is 0 Å². The second-order valence-corrected chi connectivity index (χ2v) is 8.88. The fourth-order valence-corrected chi connectivity index (χ4v) is 5.19. The normalized spacial score (nSPS) is 23.4. The summed E-state index contributed by atoms with van der Waals surface area (Å²) in [4.78, 5) is 44.3. The molecule has 2 aromatic rings. The molecule has 2 saturated heterocycles. The third-order valence-electron chi connectivity index (χ3n) is 6.91. The summed E-state index contributed by atoms with van der Waals surface area (Å²) in [5.41, 5.74) is 2.19. The zero-order valence-corrected chi connectivity index (χ0v) is 18.1. The second kappa shape index (κ2) is 8.39. The minimum atomic E-state index is -1.01. The quantitative estimate of drug-likeness (QED) is 0.752. The van der Waals surface area contributed by atoms with E-state index in [1.165, 1.54) is 5.56 Å². The number of nitrogens with one attached hydrogen (secondary N) is 1. The van der Waals surface area contributed by atoms with Gasteiger partial charge in [0.15, 0.2) is 0 Å². The molecular formula is C25H28N4O3. The highest BCUT2D eigenvalue weighted by Crippen LogP contribution is 2.41. The molecule has 2 aromatic carbocycles. The van der Waals surface area contributed by atoms with Crippen LogP contribution < -0.4 is 5.32 Å². The Hall–Kier alpha value is -3.19. The van der Waals surface area contributed by atoms with Crippen LogP contribution in [-0.2, 0) is 28.1 Å². The molecule has 1 aliphatic carbocycles. The Morgan fingerprint density at radius 1 is 0.938 bits per heavy atom. The molecule has 7 nitrogen and oxygen atoms in total. The van der Waals surface area contributed by atoms with E-state index in [1.807, 2.05) is 42.5 Å². The lowest BCUT2D eigenvalue weighted by Crippen LogP contribution is -2.45. The number of hydrogen-bond donors (Lipinski definition) is 1. The van der Waals surface area contributed by atoms with Crippen LogP contribution in [0.3, 0.4) is 0 Å². The fraction of sp³-hybridized carbons (Fsp3) is 0.400. The second-order valence-electron chi connectivity index (χ2n) is 8.88. The molecule has 166 valence electrons. The van der Waals surface area contributed by atoms with E-state index in [0.29, 0.717) is 19.5 Å². The molecule has 1 N–H and O–H groups in total. The zero-order valence-electron chi connectivity index (χ0n) is 18.1. The van der Waals surface area contributed by atoms with Gasteiger partial charge >= 0.3 is 6.03 Å². The number of amides is 4. The summed E-state index contributed by atoms with van der Waals surface area (Å²) in [5, 5.41) is 2.90. The molecule has 0 radical (unpaired) electrons. The van der Waals surface area contributed by atoms with E-state index in [2.05, 4.69) is 22.3 Å². The summed E-state index contributed by atoms with van der Waals surface area (Å²) >= 11 is 0. The summed E-state index contributed by atoms with van der Waals surface area (Å²) < 4.78 is 0. The van der Waals surface area contributed by atoms with E-state index in [9.17, 15) is 14.4 Å². The lowest BCUT2D eigenvalue weighted by Gasteiger charge is -2.25. The molecule has 4 amide bonds. The first kappa shape index (κ1) is 20.7. The molecular weight excluding hydrogens is 404 g/mol. The Kier molecular flexibility index (Phi) is 5.43. The molecule has 2 heterocycles. The molecule has 32 heavy (non-hydrogen) atoms. The van der Waals surface area contributed by atoms with Crippen molar-refractivity contribution in [3.8, 4) is 0 Å². The smallest absolute Gasteiger partial charge is 0.325 e. The number of nitrogens with zero attached hydrogens (tertiary/aromatic N) is 3. The van der Waals surface area contributed by atoms with Crippen molar-refractivity contribution in [2.45, 2.75) is 31.3 Å². The highest BCUT2D eigenvalue weighted by Gasteiger charge is 2.55. The maximum absolute atomic E-state index is 13.3. The summed E-state index contributed by atoms with van der Waals surface area (Å²) in [5.74, 6) is -0.472. The van der Waals surface area contributed by atoms with Crippen LogP contribution in [0.25, 0.3) is 0 Å². The van der Waals surface area contributed by atoms with Crippen molar-refractivity contribution in [2.24, 2.45) is 0 Å². The Bertz CT molecular complexity index is 1040. The highest BCUT2D eigenvalue weighted by molar-refractivity contribution is 6.09. The first-order valence-corrected chi connectivity index (χ1v) is 11.3. The molecule has 0 aromatic heterocycles. The van der Waals surface area contributed by atoms with Gasteiger partial charge < -0.3 is 10.2 Å². The molecule has 7 heteroatoms. The van der Waals surface area contributed by atoms with Crippen LogP contribution in [0, 0.1) is 0 Å². The van der Waals surface area contributed by atoms with Gasteiger partial charge in [0.05, 0.1) is 0 Å². The summed E-state index contributed by atoms with van der Waals surface area (Å²) in [6.45, 7) is 3.59. The summed E-state index contributed by atoms with van der Waals surface area (Å²) in [7, 11) is 0. The van der Waals surface area contributed by atoms with Gasteiger partial charge in [0, 0.05) is 32.7 Å². The fourth-order valence-electron chi connectivity index (χ4n) is 5.19. The minimum Gasteiger partial charge on any atom is -0.340 e. The van der Waals surface area contributed by atoms with E-state index in [0.717, 1.165) is 48.5 Å². The van der Waals surface area contributed by atoms with Crippen molar-refractivity contribution < 1.29 is 14.4 Å². The Morgan fingerprint density at radius 3 is 2.56 bits per heavy atom. The molecule has 3 aliphatic rings. The van der Waals surface area contributed by atoms with Crippen LogP contribution >= 0.6 is 0 Å². The lowest BCUT2D eigenvalue weighted by atomic mass is 9.92. The van der Waals surface area contributed by atoms with Crippen molar-refractivity contribution in [3.63, 3.8) is 0 Å². The van der Waals surface area contributed by atoms with Crippen molar-refractivity contribution in [3.05, 3.63) is 71.3 Å². The zero-order chi connectivity index (χ0) is 22.1. The number of aryl methyl sites for hydroxylation is 1. The number of benzene rings is 2. The first-order chi connectivity index (χ1) is 15.6. The predicted octanol–water partition coefficient (Wildman–Crippen LogP) is 2.11. The van der Waals surface area contributed by atoms with Gasteiger partial charge in [-0.1, -0.05) is 54.6 Å². The van der Waals surface area contributed by atoms with Gasteiger partial charge in [-0.25, -0.2) is 4.79 Å². The Labute approximate surface area is 188 Å². The largest absolute Gasteiger partial charge is 0.340 e. The standard InChI is InChI=1S/C25H28N4O3/c30-22(28-14-6-13-27(15-16-28)17-19-7-2-1-3-8-19)18-29-23(31)25(26-24(29)32)12-11-20-9-4-5-10-21(20)25/h1-5,7-10H,6,11-18H2,(H,26,32). The average molecular weight is 433 g/mol. The van der Waals surface area contributed by atoms with Crippen LogP contribution in [0.1, 0.15) is 29.5 Å². The summed E-state index contributed by atoms with van der Waals surface area (Å²) in [6, 6.07) is 17.6. The monoisotopic (exact) mass is 432 g/mol. The van der Waals surface area contributed by atoms with Crippen molar-refractivity contribution in [2.75, 3.05) is 32.7 Å². The van der Waals surface area contributed by atoms with Crippen LogP contribution in [0.2, 0.25) is 0 Å². The van der Waals surface area contributed by atoms with Gasteiger partial charge in [-0.3, -0.25) is 19.4 Å². The van der Waals surface area contributed by atoms with Gasteiger partial charge in [-0.05, 0) is 36.0 Å². The molecule has 5 rings (SSSR count). The maximum atomic E-state index is 13.3. The summed E-state index contributed by atoms with van der Waals surface area (Å²) in [6.07, 6.45) is 2.16. The number of fused-ring (bicyclic) bond motifs is 2. The maximum Gasteiger partial charge on any atom is 0.325 e. The highest BCUT2D eigenvalue weighted by atomic mass is 16.2. The van der Waals surface area contributed by atoms with Crippen LogP contribution in [0.4, 0.5) is 4.79 Å². The Morgan fingerprint density at radius 2 is 1.72 bits per heavy atom. The van der Waals surface area contributed by atoms with Gasteiger partial charge in [0.25, 0.3) is 5.91 Å². The Balaban J connectivity index is 1.23. The van der Waals surface area contributed by atoms with E-state index in [-0.39, 0.29) is 18.4 Å². The van der Waals surface area contributed by atoms with Gasteiger partial charge in [0.2, 0.25) is 5.91 Å². The lowest BCUT2D eigenvalue weighted by molar-refractivity contribution is -0.139. The predicted molar refractivity (Wildman–Crippen MR) is 120 cm³/mol. The van der Waals surface area contributed by atoms with Crippen LogP contribution in [-0.4, -0.2) is 65.3 Å². The number of carbonyl (C=O) groups is 3. The SMILES string of the molecule is O=C(CN1C(=O)NC2(CCc3ccccc32)C1=O)N1CCCN(Cc2ccccc2)CC1.